The van der Waals surface area contributed by atoms with Crippen molar-refractivity contribution in [2.24, 2.45) is 0 Å². The van der Waals surface area contributed by atoms with E-state index < -0.39 is 31.0 Å². The highest BCUT2D eigenvalue weighted by Gasteiger charge is 2.30. The van der Waals surface area contributed by atoms with Crippen LogP contribution >= 0.6 is 0 Å². The van der Waals surface area contributed by atoms with E-state index in [1.165, 1.54) is 12.1 Å². The van der Waals surface area contributed by atoms with Crippen molar-refractivity contribution in [3.63, 3.8) is 0 Å². The first-order valence-electron chi connectivity index (χ1n) is 11.2. The molecule has 0 saturated carbocycles. The molecule has 3 aromatic rings. The molecule has 0 heterocycles. The lowest BCUT2D eigenvalue weighted by molar-refractivity contribution is -0.137. The van der Waals surface area contributed by atoms with E-state index in [4.69, 9.17) is 8.22 Å². The van der Waals surface area contributed by atoms with Crippen LogP contribution in [0.15, 0.2) is 66.7 Å². The lowest BCUT2D eigenvalue weighted by Crippen LogP contribution is -2.20. The molecule has 3 aromatic carbocycles. The van der Waals surface area contributed by atoms with Gasteiger partial charge in [0.25, 0.3) is 0 Å². The molecule has 26 heavy (non-hydrogen) atoms. The lowest BCUT2D eigenvalue weighted by Gasteiger charge is -2.17. The number of hydrogen-bond donors (Lipinski definition) is 1. The summed E-state index contributed by atoms with van der Waals surface area (Å²) in [5.74, 6) is 0. The minimum atomic E-state index is -4.60. The number of nitrogens with one attached hydrogen (secondary N) is 1. The molecule has 3 rings (SSSR count). The number of fused-ring (bicyclic) bond motifs is 1. The number of halogens is 3. The molecule has 1 nitrogen and oxygen atoms in total. The molecule has 0 spiro atoms. The Labute approximate surface area is 160 Å². The zero-order chi connectivity index (χ0) is 23.8. The lowest BCUT2D eigenvalue weighted by atomic mass is 9.99. The van der Waals surface area contributed by atoms with E-state index in [1.807, 2.05) is 0 Å². The average molecular weight is 363 g/mol. The van der Waals surface area contributed by atoms with Crippen LogP contribution in [0, 0.1) is 0 Å². The number of aryl methyl sites for hydroxylation is 1. The number of rotatable bonds is 6. The van der Waals surface area contributed by atoms with Crippen LogP contribution in [0.1, 0.15) is 44.2 Å². The molecule has 0 aromatic heterocycles. The van der Waals surface area contributed by atoms with Gasteiger partial charge in [-0.05, 0) is 54.2 Å². The maximum Gasteiger partial charge on any atom is 0.416 e. The van der Waals surface area contributed by atoms with E-state index in [9.17, 15) is 13.2 Å². The standard InChI is InChI=1S/C22H22F3N/c1-16(20-13-5-10-18-9-2-3-12-21(18)20)26-14-6-8-17-7-4-11-19(15-17)22(23,24)25/h2-5,7,9-13,15-16,26H,6,8,14H2,1H3/t16-/m1/s1/i1D3,8D2,16D. The normalized spacial score (nSPS) is 18.7. The Morgan fingerprint density at radius 1 is 1.08 bits per heavy atom. The van der Waals surface area contributed by atoms with E-state index in [2.05, 4.69) is 5.32 Å². The summed E-state index contributed by atoms with van der Waals surface area (Å²) in [4.78, 5) is 0. The van der Waals surface area contributed by atoms with E-state index in [0.717, 1.165) is 23.6 Å². The predicted molar refractivity (Wildman–Crippen MR) is 100 cm³/mol. The Morgan fingerprint density at radius 2 is 1.85 bits per heavy atom. The van der Waals surface area contributed by atoms with Gasteiger partial charge in [0.1, 0.15) is 0 Å². The maximum absolute atomic E-state index is 13.0. The van der Waals surface area contributed by atoms with Crippen LogP contribution in [0.2, 0.25) is 0 Å². The second kappa shape index (κ2) is 7.92. The van der Waals surface area contributed by atoms with Gasteiger partial charge < -0.3 is 5.32 Å². The fourth-order valence-electron chi connectivity index (χ4n) is 2.74. The van der Waals surface area contributed by atoms with Crippen molar-refractivity contribution in [2.45, 2.75) is 31.8 Å². The van der Waals surface area contributed by atoms with Crippen molar-refractivity contribution in [3.05, 3.63) is 83.4 Å². The van der Waals surface area contributed by atoms with Crippen LogP contribution in [0.5, 0.6) is 0 Å². The summed E-state index contributed by atoms with van der Waals surface area (Å²) in [7, 11) is 0. The Hall–Kier alpha value is -2.33. The number of alkyl halides is 3. The number of benzene rings is 3. The van der Waals surface area contributed by atoms with Gasteiger partial charge >= 0.3 is 6.18 Å². The molecule has 136 valence electrons. The molecule has 0 aliphatic heterocycles. The zero-order valence-electron chi connectivity index (χ0n) is 19.9. The van der Waals surface area contributed by atoms with Gasteiger partial charge in [0, 0.05) is 12.9 Å². The molecule has 4 heteroatoms. The van der Waals surface area contributed by atoms with Crippen LogP contribution in [0.4, 0.5) is 13.2 Å². The Morgan fingerprint density at radius 3 is 2.65 bits per heavy atom. The first-order valence-corrected chi connectivity index (χ1v) is 8.17. The maximum atomic E-state index is 13.0. The van der Waals surface area contributed by atoms with E-state index in [-0.39, 0.29) is 24.1 Å². The molecule has 0 radical (unpaired) electrons. The second-order valence-electron chi connectivity index (χ2n) is 5.83. The quantitative estimate of drug-likeness (QED) is 0.554. The second-order valence-corrected chi connectivity index (χ2v) is 5.83. The number of hydrogen-bond acceptors (Lipinski definition) is 1. The first-order chi connectivity index (χ1) is 14.8. The highest BCUT2D eigenvalue weighted by Crippen LogP contribution is 2.29. The molecule has 0 aliphatic rings. The summed E-state index contributed by atoms with van der Waals surface area (Å²) in [6.07, 6.45) is -7.09. The molecule has 0 amide bonds. The van der Waals surface area contributed by atoms with Gasteiger partial charge in [-0.15, -0.1) is 0 Å². The fraction of sp³-hybridized carbons (Fsp3) is 0.273. The van der Waals surface area contributed by atoms with Crippen molar-refractivity contribution in [3.8, 4) is 0 Å². The minimum absolute atomic E-state index is 0.163. The fourth-order valence-corrected chi connectivity index (χ4v) is 2.74. The molecular formula is C22H22F3N. The minimum Gasteiger partial charge on any atom is -0.310 e. The van der Waals surface area contributed by atoms with Crippen molar-refractivity contribution in [1.29, 1.82) is 0 Å². The highest BCUT2D eigenvalue weighted by molar-refractivity contribution is 5.86. The molecule has 0 bridgehead atoms. The van der Waals surface area contributed by atoms with Gasteiger partial charge in [-0.2, -0.15) is 13.2 Å². The third-order valence-electron chi connectivity index (χ3n) is 4.00. The van der Waals surface area contributed by atoms with Gasteiger partial charge in [0.05, 0.1) is 6.93 Å². The van der Waals surface area contributed by atoms with E-state index in [1.54, 1.807) is 36.4 Å². The predicted octanol–water partition coefficient (Wildman–Crippen LogP) is 6.14. The van der Waals surface area contributed by atoms with Crippen LogP contribution in [0.25, 0.3) is 10.8 Å². The first kappa shape index (κ1) is 12.1. The van der Waals surface area contributed by atoms with E-state index >= 15 is 0 Å². The van der Waals surface area contributed by atoms with Gasteiger partial charge in [-0.1, -0.05) is 60.7 Å². The van der Waals surface area contributed by atoms with Gasteiger partial charge in [-0.25, -0.2) is 0 Å². The molecule has 1 N–H and O–H groups in total. The van der Waals surface area contributed by atoms with E-state index in [0.29, 0.717) is 5.39 Å². The van der Waals surface area contributed by atoms with Crippen molar-refractivity contribution < 1.29 is 21.4 Å². The summed E-state index contributed by atoms with van der Waals surface area (Å²) in [6.45, 7) is -3.03. The SMILES string of the molecule is [2H]C([2H])(CCN[C@@]([2H])(c1cccc2ccccc12)C([2H])([2H])[2H])c1cccc(C(F)(F)F)c1. The Bertz CT molecular complexity index is 1090. The topological polar surface area (TPSA) is 12.0 Å². The molecular weight excluding hydrogens is 335 g/mol. The van der Waals surface area contributed by atoms with Crippen LogP contribution in [0.3, 0.4) is 0 Å². The summed E-state index contributed by atoms with van der Waals surface area (Å²) < 4.78 is 88.1. The monoisotopic (exact) mass is 363 g/mol. The van der Waals surface area contributed by atoms with Gasteiger partial charge in [-0.3, -0.25) is 0 Å². The van der Waals surface area contributed by atoms with Crippen molar-refractivity contribution >= 4 is 10.8 Å². The Balaban J connectivity index is 1.87. The molecule has 1 atom stereocenters. The zero-order valence-corrected chi connectivity index (χ0v) is 13.9. The average Bonchev–Trinajstić information content (AvgIpc) is 2.71. The molecule has 0 saturated heterocycles. The Kier molecular flexibility index (Phi) is 3.69. The summed E-state index contributed by atoms with van der Waals surface area (Å²) in [6, 6.07) is 13.8. The van der Waals surface area contributed by atoms with Crippen molar-refractivity contribution in [2.75, 3.05) is 6.54 Å². The largest absolute Gasteiger partial charge is 0.416 e. The van der Waals surface area contributed by atoms with Crippen LogP contribution in [-0.4, -0.2) is 6.54 Å². The molecule has 0 fully saturated rings. The summed E-state index contributed by atoms with van der Waals surface area (Å²) in [5, 5.41) is 3.99. The molecule has 0 unspecified atom stereocenters. The van der Waals surface area contributed by atoms with Gasteiger partial charge in [0.15, 0.2) is 0 Å². The highest BCUT2D eigenvalue weighted by atomic mass is 19.4. The smallest absolute Gasteiger partial charge is 0.310 e. The molecule has 0 aliphatic carbocycles. The third-order valence-corrected chi connectivity index (χ3v) is 4.00. The van der Waals surface area contributed by atoms with Crippen LogP contribution < -0.4 is 5.32 Å². The van der Waals surface area contributed by atoms with Crippen molar-refractivity contribution in [1.82, 2.24) is 5.32 Å². The van der Waals surface area contributed by atoms with Gasteiger partial charge in [0.2, 0.25) is 0 Å². The third kappa shape index (κ3) is 4.44. The van der Waals surface area contributed by atoms with Crippen LogP contribution in [-0.2, 0) is 12.5 Å². The summed E-state index contributed by atoms with van der Waals surface area (Å²) in [5.41, 5.74) is -0.904. The summed E-state index contributed by atoms with van der Waals surface area (Å²) >= 11 is 0.